The van der Waals surface area contributed by atoms with Gasteiger partial charge in [0.2, 0.25) is 17.7 Å². The molecule has 41 heavy (non-hydrogen) atoms. The van der Waals surface area contributed by atoms with Crippen molar-refractivity contribution in [3.8, 4) is 0 Å². The van der Waals surface area contributed by atoms with E-state index in [0.29, 0.717) is 16.6 Å². The number of anilines is 1. The normalized spacial score (nSPS) is 13.7. The Hall–Kier alpha value is -4.11. The number of aliphatic hydroxyl groups excluding tert-OH is 1. The fourth-order valence-corrected chi connectivity index (χ4v) is 4.07. The van der Waals surface area contributed by atoms with E-state index in [1.54, 1.807) is 36.5 Å². The lowest BCUT2D eigenvalue weighted by molar-refractivity contribution is -0.137. The van der Waals surface area contributed by atoms with Gasteiger partial charge in [-0.05, 0) is 42.0 Å². The minimum absolute atomic E-state index is 0.0668. The fourth-order valence-electron chi connectivity index (χ4n) is 4.07. The molecule has 1 aromatic heterocycles. The van der Waals surface area contributed by atoms with Crippen LogP contribution in [-0.2, 0) is 20.6 Å². The van der Waals surface area contributed by atoms with Gasteiger partial charge in [0.25, 0.3) is 0 Å². The molecule has 0 bridgehead atoms. The smallest absolute Gasteiger partial charge is 0.386 e. The predicted octanol–water partition coefficient (Wildman–Crippen LogP) is 0.874. The number of aromatic nitrogens is 1. The summed E-state index contributed by atoms with van der Waals surface area (Å²) >= 11 is 0. The van der Waals surface area contributed by atoms with Crippen LogP contribution in [0.3, 0.4) is 0 Å². The van der Waals surface area contributed by atoms with Crippen LogP contribution in [0.1, 0.15) is 23.7 Å². The van der Waals surface area contributed by atoms with Crippen molar-refractivity contribution in [2.75, 3.05) is 31.5 Å². The number of halogens is 3. The molecule has 0 saturated heterocycles. The molecule has 2 aromatic carbocycles. The van der Waals surface area contributed by atoms with Crippen molar-refractivity contribution in [2.24, 2.45) is 17.2 Å². The lowest BCUT2D eigenvalue weighted by Crippen LogP contribution is -2.53. The summed E-state index contributed by atoms with van der Waals surface area (Å²) in [6.45, 7) is 0.728. The van der Waals surface area contributed by atoms with Gasteiger partial charge in [0.05, 0.1) is 23.5 Å². The number of aliphatic hydroxyl groups is 1. The Morgan fingerprint density at radius 1 is 0.976 bits per heavy atom. The van der Waals surface area contributed by atoms with Crippen LogP contribution >= 0.6 is 0 Å². The fraction of sp³-hybridized carbons (Fsp3) is 0.333. The maximum absolute atomic E-state index is 13.3. The van der Waals surface area contributed by atoms with Crippen molar-refractivity contribution in [1.82, 2.24) is 15.2 Å². The first-order valence-corrected chi connectivity index (χ1v) is 12.7. The lowest BCUT2D eigenvalue weighted by Gasteiger charge is -2.26. The largest absolute Gasteiger partial charge is 0.416 e. The summed E-state index contributed by atoms with van der Waals surface area (Å²) in [6.07, 6.45) is -5.21. The minimum atomic E-state index is -4.61. The van der Waals surface area contributed by atoms with Crippen molar-refractivity contribution in [3.63, 3.8) is 0 Å². The topological polar surface area (TPSA) is 190 Å². The average Bonchev–Trinajstić information content (AvgIpc) is 2.94. The van der Waals surface area contributed by atoms with E-state index in [-0.39, 0.29) is 31.7 Å². The van der Waals surface area contributed by atoms with Gasteiger partial charge in [-0.25, -0.2) is 0 Å². The molecule has 3 atom stereocenters. The summed E-state index contributed by atoms with van der Waals surface area (Å²) in [5, 5.41) is 16.7. The predicted molar refractivity (Wildman–Crippen MR) is 146 cm³/mol. The number of carbonyl (C=O) groups is 3. The standard InChI is InChI=1S/C27H32F3N7O4/c28-27(29,30)18-5-3-16(4-6-18)24(39)23(26(41)35-19-7-8-21-17(14-19)2-1-11-34-21)36-25(40)20(33)15-22(38)37(12-9-31)13-10-32/h1-8,11,14,20,23-24,39H,9-10,12-13,15,31-33H2,(H,35,41)(H,36,40)/t20-,23-,24+/m0/s1. The number of rotatable bonds is 12. The number of alkyl halides is 3. The van der Waals surface area contributed by atoms with E-state index < -0.39 is 54.1 Å². The second-order valence-electron chi connectivity index (χ2n) is 9.22. The second-order valence-corrected chi connectivity index (χ2v) is 9.22. The number of nitrogens with two attached hydrogens (primary N) is 3. The molecule has 0 spiro atoms. The zero-order valence-corrected chi connectivity index (χ0v) is 22.0. The number of fused-ring (bicyclic) bond motifs is 1. The van der Waals surface area contributed by atoms with Gasteiger partial charge in [0.1, 0.15) is 12.1 Å². The Labute approximate surface area is 233 Å². The summed E-state index contributed by atoms with van der Waals surface area (Å²) in [6, 6.07) is 8.71. The van der Waals surface area contributed by atoms with Crippen LogP contribution < -0.4 is 27.8 Å². The zero-order valence-electron chi connectivity index (χ0n) is 22.0. The van der Waals surface area contributed by atoms with Crippen LogP contribution in [0.15, 0.2) is 60.8 Å². The quantitative estimate of drug-likeness (QED) is 0.183. The third-order valence-corrected chi connectivity index (χ3v) is 6.23. The van der Waals surface area contributed by atoms with Crippen LogP contribution in [0.5, 0.6) is 0 Å². The molecule has 0 unspecified atom stereocenters. The first kappa shape index (κ1) is 31.4. The first-order valence-electron chi connectivity index (χ1n) is 12.7. The molecule has 3 aromatic rings. The second kappa shape index (κ2) is 14.0. The van der Waals surface area contributed by atoms with Crippen molar-refractivity contribution in [1.29, 1.82) is 0 Å². The molecule has 11 nitrogen and oxygen atoms in total. The third-order valence-electron chi connectivity index (χ3n) is 6.23. The molecular weight excluding hydrogens is 543 g/mol. The van der Waals surface area contributed by atoms with Crippen LogP contribution in [0.25, 0.3) is 10.9 Å². The SMILES string of the molecule is NCCN(CCN)C(=O)C[C@H](N)C(=O)N[C@H](C(=O)Nc1ccc2ncccc2c1)[C@H](O)c1ccc(C(F)(F)F)cc1. The number of hydrogen-bond donors (Lipinski definition) is 6. The van der Waals surface area contributed by atoms with Crippen molar-refractivity contribution >= 4 is 34.3 Å². The highest BCUT2D eigenvalue weighted by Gasteiger charge is 2.34. The molecule has 0 aliphatic heterocycles. The minimum Gasteiger partial charge on any atom is -0.386 e. The zero-order chi connectivity index (χ0) is 30.2. The molecule has 0 aliphatic carbocycles. The molecular formula is C27H32F3N7O4. The molecule has 14 heteroatoms. The van der Waals surface area contributed by atoms with Gasteiger partial charge in [-0.1, -0.05) is 18.2 Å². The van der Waals surface area contributed by atoms with Gasteiger partial charge >= 0.3 is 6.18 Å². The Morgan fingerprint density at radius 3 is 2.24 bits per heavy atom. The van der Waals surface area contributed by atoms with Crippen LogP contribution in [0.2, 0.25) is 0 Å². The maximum atomic E-state index is 13.3. The summed E-state index contributed by atoms with van der Waals surface area (Å²) in [4.78, 5) is 44.5. The molecule has 0 fully saturated rings. The number of nitrogens with one attached hydrogen (secondary N) is 2. The first-order chi connectivity index (χ1) is 19.4. The third kappa shape index (κ3) is 8.44. The summed E-state index contributed by atoms with van der Waals surface area (Å²) in [5.74, 6) is -2.30. The molecule has 0 saturated carbocycles. The van der Waals surface area contributed by atoms with Gasteiger partial charge in [-0.3, -0.25) is 19.4 Å². The van der Waals surface area contributed by atoms with E-state index in [4.69, 9.17) is 17.2 Å². The van der Waals surface area contributed by atoms with Gasteiger partial charge in [-0.15, -0.1) is 0 Å². The van der Waals surface area contributed by atoms with Crippen molar-refractivity contribution in [3.05, 3.63) is 71.9 Å². The lowest BCUT2D eigenvalue weighted by atomic mass is 9.99. The van der Waals surface area contributed by atoms with E-state index in [1.165, 1.54) is 4.90 Å². The highest BCUT2D eigenvalue weighted by molar-refractivity contribution is 6.00. The van der Waals surface area contributed by atoms with Crippen LogP contribution in [0, 0.1) is 0 Å². The van der Waals surface area contributed by atoms with Gasteiger partial charge in [0, 0.05) is 43.4 Å². The Balaban J connectivity index is 1.83. The summed E-state index contributed by atoms with van der Waals surface area (Å²) in [7, 11) is 0. The van der Waals surface area contributed by atoms with Crippen LogP contribution in [-0.4, -0.2) is 71.0 Å². The van der Waals surface area contributed by atoms with Crippen LogP contribution in [0.4, 0.5) is 18.9 Å². The highest BCUT2D eigenvalue weighted by atomic mass is 19.4. The van der Waals surface area contributed by atoms with Crippen molar-refractivity contribution < 1.29 is 32.7 Å². The van der Waals surface area contributed by atoms with E-state index in [2.05, 4.69) is 15.6 Å². The molecule has 0 aliphatic rings. The Kier molecular flexibility index (Phi) is 10.7. The number of benzene rings is 2. The Morgan fingerprint density at radius 2 is 1.63 bits per heavy atom. The molecule has 0 radical (unpaired) electrons. The van der Waals surface area contributed by atoms with Crippen molar-refractivity contribution in [2.45, 2.75) is 30.8 Å². The molecule has 1 heterocycles. The van der Waals surface area contributed by atoms with Gasteiger partial charge < -0.3 is 37.8 Å². The van der Waals surface area contributed by atoms with E-state index in [1.807, 2.05) is 0 Å². The summed E-state index contributed by atoms with van der Waals surface area (Å²) in [5.41, 5.74) is 16.9. The highest BCUT2D eigenvalue weighted by Crippen LogP contribution is 2.30. The maximum Gasteiger partial charge on any atom is 0.416 e. The monoisotopic (exact) mass is 575 g/mol. The molecule has 9 N–H and O–H groups in total. The number of carbonyl (C=O) groups excluding carboxylic acids is 3. The number of hydrogen-bond acceptors (Lipinski definition) is 8. The van der Waals surface area contributed by atoms with Gasteiger partial charge in [0.15, 0.2) is 0 Å². The molecule has 220 valence electrons. The van der Waals surface area contributed by atoms with Gasteiger partial charge in [-0.2, -0.15) is 13.2 Å². The van der Waals surface area contributed by atoms with E-state index >= 15 is 0 Å². The Bertz CT molecular complexity index is 1350. The average molecular weight is 576 g/mol. The number of nitrogens with zero attached hydrogens (tertiary/aromatic N) is 2. The number of pyridine rings is 1. The summed E-state index contributed by atoms with van der Waals surface area (Å²) < 4.78 is 39.1. The molecule has 3 rings (SSSR count). The number of amides is 3. The van der Waals surface area contributed by atoms with E-state index in [9.17, 15) is 32.7 Å². The molecule has 3 amide bonds. The van der Waals surface area contributed by atoms with E-state index in [0.717, 1.165) is 24.3 Å².